The standard InChI is InChI=1S/C15H26N2/c1-4-10-17(12-13(5-2)6-3)15-9-7-8-14(16)11-15/h7-9,11,13H,4-6,10,12,16H2,1-3H3. The number of anilines is 2. The van der Waals surface area contributed by atoms with E-state index >= 15 is 0 Å². The lowest BCUT2D eigenvalue weighted by molar-refractivity contribution is 0.482. The van der Waals surface area contributed by atoms with Crippen molar-refractivity contribution < 1.29 is 0 Å². The predicted molar refractivity (Wildman–Crippen MR) is 77.4 cm³/mol. The molecule has 0 spiro atoms. The molecule has 0 unspecified atom stereocenters. The normalized spacial score (nSPS) is 10.8. The van der Waals surface area contributed by atoms with Crippen LogP contribution in [0, 0.1) is 5.92 Å². The minimum Gasteiger partial charge on any atom is -0.399 e. The second-order valence-corrected chi connectivity index (χ2v) is 4.72. The van der Waals surface area contributed by atoms with E-state index in [9.17, 15) is 0 Å². The van der Waals surface area contributed by atoms with Crippen molar-refractivity contribution in [2.45, 2.75) is 40.0 Å². The first-order chi connectivity index (χ1) is 8.21. The van der Waals surface area contributed by atoms with Crippen LogP contribution in [0.15, 0.2) is 24.3 Å². The lowest BCUT2D eigenvalue weighted by Gasteiger charge is -2.28. The fourth-order valence-corrected chi connectivity index (χ4v) is 2.18. The molecular formula is C15H26N2. The topological polar surface area (TPSA) is 29.3 Å². The summed E-state index contributed by atoms with van der Waals surface area (Å²) in [5.74, 6) is 0.781. The number of nitrogens with two attached hydrogens (primary N) is 1. The highest BCUT2D eigenvalue weighted by molar-refractivity contribution is 5.55. The number of benzene rings is 1. The molecule has 0 aliphatic rings. The maximum absolute atomic E-state index is 5.86. The van der Waals surface area contributed by atoms with E-state index in [-0.39, 0.29) is 0 Å². The zero-order chi connectivity index (χ0) is 12.7. The summed E-state index contributed by atoms with van der Waals surface area (Å²) in [4.78, 5) is 2.47. The molecular weight excluding hydrogens is 208 g/mol. The van der Waals surface area contributed by atoms with Gasteiger partial charge in [0.05, 0.1) is 0 Å². The fraction of sp³-hybridized carbons (Fsp3) is 0.600. The lowest BCUT2D eigenvalue weighted by atomic mass is 10.0. The molecule has 0 atom stereocenters. The first-order valence-corrected chi connectivity index (χ1v) is 6.81. The predicted octanol–water partition coefficient (Wildman–Crippen LogP) is 3.92. The lowest BCUT2D eigenvalue weighted by Crippen LogP contribution is -2.30. The van der Waals surface area contributed by atoms with Gasteiger partial charge in [0.2, 0.25) is 0 Å². The minimum absolute atomic E-state index is 0.781. The third kappa shape index (κ3) is 4.29. The van der Waals surface area contributed by atoms with Crippen molar-refractivity contribution in [2.75, 3.05) is 23.7 Å². The summed E-state index contributed by atoms with van der Waals surface area (Å²) in [7, 11) is 0. The first-order valence-electron chi connectivity index (χ1n) is 6.81. The van der Waals surface area contributed by atoms with Crippen LogP contribution < -0.4 is 10.6 Å². The number of hydrogen-bond acceptors (Lipinski definition) is 2. The van der Waals surface area contributed by atoms with E-state index in [1.165, 1.54) is 24.9 Å². The molecule has 2 nitrogen and oxygen atoms in total. The minimum atomic E-state index is 0.781. The SMILES string of the molecule is CCCN(CC(CC)CC)c1cccc(N)c1. The maximum atomic E-state index is 5.86. The molecule has 0 fully saturated rings. The van der Waals surface area contributed by atoms with Gasteiger partial charge in [-0.25, -0.2) is 0 Å². The van der Waals surface area contributed by atoms with Gasteiger partial charge < -0.3 is 10.6 Å². The third-order valence-electron chi connectivity index (χ3n) is 3.36. The van der Waals surface area contributed by atoms with E-state index < -0.39 is 0 Å². The highest BCUT2D eigenvalue weighted by Gasteiger charge is 2.11. The van der Waals surface area contributed by atoms with Crippen LogP contribution in [0.3, 0.4) is 0 Å². The molecule has 2 heteroatoms. The Hall–Kier alpha value is -1.18. The highest BCUT2D eigenvalue weighted by atomic mass is 15.1. The van der Waals surface area contributed by atoms with Gasteiger partial charge in [0, 0.05) is 24.5 Å². The second-order valence-electron chi connectivity index (χ2n) is 4.72. The van der Waals surface area contributed by atoms with Crippen molar-refractivity contribution in [3.05, 3.63) is 24.3 Å². The van der Waals surface area contributed by atoms with Gasteiger partial charge in [-0.2, -0.15) is 0 Å². The number of nitrogen functional groups attached to an aromatic ring is 1. The summed E-state index contributed by atoms with van der Waals surface area (Å²) in [5, 5.41) is 0. The quantitative estimate of drug-likeness (QED) is 0.724. The van der Waals surface area contributed by atoms with Crippen LogP contribution in [0.25, 0.3) is 0 Å². The monoisotopic (exact) mass is 234 g/mol. The van der Waals surface area contributed by atoms with Crippen LogP contribution >= 0.6 is 0 Å². The fourth-order valence-electron chi connectivity index (χ4n) is 2.18. The smallest absolute Gasteiger partial charge is 0.0386 e. The Morgan fingerprint density at radius 1 is 1.18 bits per heavy atom. The zero-order valence-electron chi connectivity index (χ0n) is 11.4. The summed E-state index contributed by atoms with van der Waals surface area (Å²) in [6.07, 6.45) is 3.67. The zero-order valence-corrected chi connectivity index (χ0v) is 11.4. The summed E-state index contributed by atoms with van der Waals surface area (Å²) < 4.78 is 0. The van der Waals surface area contributed by atoms with Crippen molar-refractivity contribution in [2.24, 2.45) is 5.92 Å². The van der Waals surface area contributed by atoms with Crippen molar-refractivity contribution in [3.63, 3.8) is 0 Å². The van der Waals surface area contributed by atoms with E-state index in [1.54, 1.807) is 0 Å². The molecule has 1 aromatic rings. The molecule has 2 N–H and O–H groups in total. The van der Waals surface area contributed by atoms with E-state index in [0.717, 1.165) is 24.7 Å². The average molecular weight is 234 g/mol. The van der Waals surface area contributed by atoms with Gasteiger partial charge in [-0.3, -0.25) is 0 Å². The van der Waals surface area contributed by atoms with E-state index in [1.807, 2.05) is 12.1 Å². The summed E-state index contributed by atoms with van der Waals surface area (Å²) >= 11 is 0. The van der Waals surface area contributed by atoms with Crippen molar-refractivity contribution >= 4 is 11.4 Å². The Bertz CT molecular complexity index is 318. The van der Waals surface area contributed by atoms with Gasteiger partial charge >= 0.3 is 0 Å². The van der Waals surface area contributed by atoms with Gasteiger partial charge in [-0.15, -0.1) is 0 Å². The van der Waals surface area contributed by atoms with Gasteiger partial charge in [-0.1, -0.05) is 39.7 Å². The van der Waals surface area contributed by atoms with E-state index in [0.29, 0.717) is 0 Å². The molecule has 0 saturated heterocycles. The summed E-state index contributed by atoms with van der Waals surface area (Å²) in [6, 6.07) is 8.23. The Morgan fingerprint density at radius 3 is 2.41 bits per heavy atom. The first kappa shape index (κ1) is 13.9. The molecule has 96 valence electrons. The summed E-state index contributed by atoms with van der Waals surface area (Å²) in [6.45, 7) is 9.03. The molecule has 0 saturated carbocycles. The number of hydrogen-bond donors (Lipinski definition) is 1. The maximum Gasteiger partial charge on any atom is 0.0386 e. The van der Waals surface area contributed by atoms with Crippen LogP contribution in [-0.2, 0) is 0 Å². The molecule has 0 aliphatic carbocycles. The Morgan fingerprint density at radius 2 is 1.88 bits per heavy atom. The second kappa shape index (κ2) is 7.21. The summed E-state index contributed by atoms with van der Waals surface area (Å²) in [5.41, 5.74) is 7.98. The molecule has 0 aromatic heterocycles. The average Bonchev–Trinajstić information content (AvgIpc) is 2.34. The molecule has 17 heavy (non-hydrogen) atoms. The van der Waals surface area contributed by atoms with Crippen LogP contribution in [0.5, 0.6) is 0 Å². The Kier molecular flexibility index (Phi) is 5.88. The molecule has 0 bridgehead atoms. The molecule has 1 aromatic carbocycles. The number of nitrogens with zero attached hydrogens (tertiary/aromatic N) is 1. The van der Waals surface area contributed by atoms with Gasteiger partial charge in [-0.05, 0) is 30.5 Å². The molecule has 0 aliphatic heterocycles. The van der Waals surface area contributed by atoms with Crippen LogP contribution in [0.1, 0.15) is 40.0 Å². The van der Waals surface area contributed by atoms with Gasteiger partial charge in [0.1, 0.15) is 0 Å². The molecule has 0 amide bonds. The van der Waals surface area contributed by atoms with E-state index in [4.69, 9.17) is 5.73 Å². The van der Waals surface area contributed by atoms with Crippen molar-refractivity contribution in [3.8, 4) is 0 Å². The van der Waals surface area contributed by atoms with Crippen molar-refractivity contribution in [1.29, 1.82) is 0 Å². The van der Waals surface area contributed by atoms with Crippen LogP contribution in [0.2, 0.25) is 0 Å². The highest BCUT2D eigenvalue weighted by Crippen LogP contribution is 2.21. The molecule has 0 heterocycles. The number of rotatable bonds is 7. The van der Waals surface area contributed by atoms with Gasteiger partial charge in [0.25, 0.3) is 0 Å². The third-order valence-corrected chi connectivity index (χ3v) is 3.36. The molecule has 0 radical (unpaired) electrons. The van der Waals surface area contributed by atoms with Crippen LogP contribution in [0.4, 0.5) is 11.4 Å². The Balaban J connectivity index is 2.77. The van der Waals surface area contributed by atoms with Gasteiger partial charge in [0.15, 0.2) is 0 Å². The van der Waals surface area contributed by atoms with Crippen LogP contribution in [-0.4, -0.2) is 13.1 Å². The molecule has 1 rings (SSSR count). The van der Waals surface area contributed by atoms with Crippen molar-refractivity contribution in [1.82, 2.24) is 0 Å². The Labute approximate surface area is 106 Å². The van der Waals surface area contributed by atoms with E-state index in [2.05, 4.69) is 37.8 Å². The largest absolute Gasteiger partial charge is 0.399 e.